The molecule has 5 nitrogen and oxygen atoms in total. The highest BCUT2D eigenvalue weighted by Crippen LogP contribution is 2.13. The average Bonchev–Trinajstić information content (AvgIpc) is 2.51. The molecule has 132 valence electrons. The predicted octanol–water partition coefficient (Wildman–Crippen LogP) is 3.33. The van der Waals surface area contributed by atoms with E-state index in [9.17, 15) is 14.7 Å². The third kappa shape index (κ3) is 8.36. The zero-order valence-corrected chi connectivity index (χ0v) is 14.5. The van der Waals surface area contributed by atoms with E-state index in [0.29, 0.717) is 12.0 Å². The first-order valence-corrected chi connectivity index (χ1v) is 8.49. The molecule has 0 heterocycles. The second kappa shape index (κ2) is 10.5. The van der Waals surface area contributed by atoms with Crippen LogP contribution >= 0.6 is 0 Å². The van der Waals surface area contributed by atoms with Crippen LogP contribution in [0.2, 0.25) is 0 Å². The molecule has 24 heavy (non-hydrogen) atoms. The van der Waals surface area contributed by atoms with Gasteiger partial charge in [0.25, 0.3) is 5.91 Å². The van der Waals surface area contributed by atoms with Gasteiger partial charge in [-0.15, -0.1) is 0 Å². The molecule has 0 spiro atoms. The minimum absolute atomic E-state index is 0.0606. The second-order valence-electron chi connectivity index (χ2n) is 6.41. The van der Waals surface area contributed by atoms with E-state index in [1.165, 1.54) is 31.1 Å². The number of unbranched alkanes of at least 4 members (excludes halogenated alkanes) is 3. The molecule has 0 aliphatic rings. The van der Waals surface area contributed by atoms with Gasteiger partial charge in [0.15, 0.2) is 0 Å². The van der Waals surface area contributed by atoms with E-state index in [0.717, 1.165) is 25.2 Å². The minimum Gasteiger partial charge on any atom is -0.508 e. The van der Waals surface area contributed by atoms with Crippen molar-refractivity contribution >= 4 is 17.9 Å². The number of nitrogens with two attached hydrogens (primary N) is 1. The van der Waals surface area contributed by atoms with Gasteiger partial charge in [-0.05, 0) is 36.1 Å². The van der Waals surface area contributed by atoms with Crippen LogP contribution in [-0.4, -0.2) is 16.9 Å². The molecule has 0 aliphatic carbocycles. The van der Waals surface area contributed by atoms with Crippen LogP contribution in [0, 0.1) is 5.92 Å². The van der Waals surface area contributed by atoms with Crippen molar-refractivity contribution in [2.75, 3.05) is 0 Å². The van der Waals surface area contributed by atoms with Crippen LogP contribution in [0.3, 0.4) is 0 Å². The summed E-state index contributed by atoms with van der Waals surface area (Å²) in [5, 5.41) is 11.8. The van der Waals surface area contributed by atoms with Crippen molar-refractivity contribution < 1.29 is 14.7 Å². The summed E-state index contributed by atoms with van der Waals surface area (Å²) in [6, 6.07) is 6.28. The van der Waals surface area contributed by atoms with Gasteiger partial charge in [0.05, 0.1) is 0 Å². The first kappa shape index (κ1) is 19.7. The molecule has 1 rings (SSSR count). The van der Waals surface area contributed by atoms with Crippen molar-refractivity contribution in [3.63, 3.8) is 0 Å². The Bertz CT molecular complexity index is 562. The molecule has 0 aromatic heterocycles. The monoisotopic (exact) mass is 332 g/mol. The number of amides is 2. The van der Waals surface area contributed by atoms with Crippen molar-refractivity contribution in [3.05, 3.63) is 35.5 Å². The third-order valence-corrected chi connectivity index (χ3v) is 3.68. The lowest BCUT2D eigenvalue weighted by Crippen LogP contribution is -2.30. The molecule has 1 aromatic rings. The van der Waals surface area contributed by atoms with E-state index in [1.54, 1.807) is 12.1 Å². The van der Waals surface area contributed by atoms with Gasteiger partial charge in [-0.1, -0.05) is 51.7 Å². The van der Waals surface area contributed by atoms with Crippen LogP contribution in [0.1, 0.15) is 57.9 Å². The number of rotatable bonds is 10. The highest BCUT2D eigenvalue weighted by molar-refractivity contribution is 6.00. The van der Waals surface area contributed by atoms with Gasteiger partial charge in [0, 0.05) is 6.42 Å². The quantitative estimate of drug-likeness (QED) is 0.453. The predicted molar refractivity (Wildman–Crippen MR) is 96.0 cm³/mol. The van der Waals surface area contributed by atoms with Crippen LogP contribution in [0.4, 0.5) is 0 Å². The number of hydrogen-bond acceptors (Lipinski definition) is 3. The van der Waals surface area contributed by atoms with Crippen LogP contribution in [0.25, 0.3) is 6.08 Å². The molecule has 2 amide bonds. The van der Waals surface area contributed by atoms with Crippen molar-refractivity contribution in [2.24, 2.45) is 11.7 Å². The fourth-order valence-corrected chi connectivity index (χ4v) is 2.31. The van der Waals surface area contributed by atoms with Gasteiger partial charge in [0.2, 0.25) is 5.91 Å². The number of nitrogens with one attached hydrogen (secondary N) is 1. The number of phenolic OH excluding ortho intramolecular Hbond substituents is 1. The Morgan fingerprint density at radius 3 is 2.33 bits per heavy atom. The molecule has 0 atom stereocenters. The standard InChI is InChI=1S/C19H28N2O3/c1-14(2)7-5-3-4-6-8-18(23)21-17(19(20)24)13-15-9-11-16(22)12-10-15/h9-14,22H,3-8H2,1-2H3,(H2,20,24)(H,21,23)/b17-13+. The summed E-state index contributed by atoms with van der Waals surface area (Å²) >= 11 is 0. The van der Waals surface area contributed by atoms with Crippen molar-refractivity contribution in [2.45, 2.75) is 52.4 Å². The molecule has 0 saturated carbocycles. The SMILES string of the molecule is CC(C)CCCCCCC(=O)N/C(=C/c1ccc(O)cc1)C(N)=O. The summed E-state index contributed by atoms with van der Waals surface area (Å²) in [4.78, 5) is 23.4. The molecule has 0 fully saturated rings. The number of primary amides is 1. The second-order valence-corrected chi connectivity index (χ2v) is 6.41. The Morgan fingerprint density at radius 1 is 1.12 bits per heavy atom. The van der Waals surface area contributed by atoms with Gasteiger partial charge >= 0.3 is 0 Å². The number of phenols is 1. The maximum atomic E-state index is 11.9. The van der Waals surface area contributed by atoms with Gasteiger partial charge < -0.3 is 16.2 Å². The highest BCUT2D eigenvalue weighted by Gasteiger charge is 2.10. The molecular weight excluding hydrogens is 304 g/mol. The van der Waals surface area contributed by atoms with E-state index in [-0.39, 0.29) is 17.4 Å². The van der Waals surface area contributed by atoms with Crippen LogP contribution in [-0.2, 0) is 9.59 Å². The maximum Gasteiger partial charge on any atom is 0.265 e. The van der Waals surface area contributed by atoms with Gasteiger partial charge in [-0.2, -0.15) is 0 Å². The Hall–Kier alpha value is -2.30. The number of carbonyl (C=O) groups excluding carboxylic acids is 2. The maximum absolute atomic E-state index is 11.9. The van der Waals surface area contributed by atoms with Crippen molar-refractivity contribution in [1.82, 2.24) is 5.32 Å². The molecule has 1 aromatic carbocycles. The summed E-state index contributed by atoms with van der Waals surface area (Å²) < 4.78 is 0. The van der Waals surface area contributed by atoms with E-state index < -0.39 is 5.91 Å². The number of hydrogen-bond donors (Lipinski definition) is 3. The van der Waals surface area contributed by atoms with Crippen molar-refractivity contribution in [1.29, 1.82) is 0 Å². The Labute approximate surface area is 143 Å². The Balaban J connectivity index is 2.43. The number of benzene rings is 1. The van der Waals surface area contributed by atoms with E-state index in [4.69, 9.17) is 5.73 Å². The van der Waals surface area contributed by atoms with Crippen LogP contribution in [0.15, 0.2) is 30.0 Å². The fourth-order valence-electron chi connectivity index (χ4n) is 2.31. The molecule has 0 saturated heterocycles. The molecular formula is C19H28N2O3. The van der Waals surface area contributed by atoms with E-state index >= 15 is 0 Å². The van der Waals surface area contributed by atoms with Crippen LogP contribution < -0.4 is 11.1 Å². The van der Waals surface area contributed by atoms with Crippen molar-refractivity contribution in [3.8, 4) is 5.75 Å². The molecule has 0 aliphatic heterocycles. The molecule has 0 radical (unpaired) electrons. The minimum atomic E-state index is -0.687. The van der Waals surface area contributed by atoms with Crippen LogP contribution in [0.5, 0.6) is 5.75 Å². The molecule has 0 unspecified atom stereocenters. The fraction of sp³-hybridized carbons (Fsp3) is 0.474. The zero-order valence-electron chi connectivity index (χ0n) is 14.5. The first-order chi connectivity index (χ1) is 11.4. The van der Waals surface area contributed by atoms with Gasteiger partial charge in [-0.3, -0.25) is 9.59 Å². The largest absolute Gasteiger partial charge is 0.508 e. The molecule has 0 bridgehead atoms. The summed E-state index contributed by atoms with van der Waals surface area (Å²) in [6.07, 6.45) is 7.21. The summed E-state index contributed by atoms with van der Waals surface area (Å²) in [5.41, 5.74) is 6.05. The van der Waals surface area contributed by atoms with Gasteiger partial charge in [0.1, 0.15) is 11.4 Å². The lowest BCUT2D eigenvalue weighted by Gasteiger charge is -2.08. The summed E-state index contributed by atoms with van der Waals surface area (Å²) in [5.74, 6) is -0.0400. The molecule has 5 heteroatoms. The van der Waals surface area contributed by atoms with E-state index in [2.05, 4.69) is 19.2 Å². The lowest BCUT2D eigenvalue weighted by molar-refractivity contribution is -0.122. The molecule has 4 N–H and O–H groups in total. The zero-order chi connectivity index (χ0) is 17.9. The van der Waals surface area contributed by atoms with Gasteiger partial charge in [-0.25, -0.2) is 0 Å². The summed E-state index contributed by atoms with van der Waals surface area (Å²) in [7, 11) is 0. The topological polar surface area (TPSA) is 92.4 Å². The Morgan fingerprint density at radius 2 is 1.75 bits per heavy atom. The smallest absolute Gasteiger partial charge is 0.265 e. The third-order valence-electron chi connectivity index (χ3n) is 3.68. The highest BCUT2D eigenvalue weighted by atomic mass is 16.3. The Kier molecular flexibility index (Phi) is 8.61. The number of carbonyl (C=O) groups is 2. The van der Waals surface area contributed by atoms with E-state index in [1.807, 2.05) is 0 Å². The average molecular weight is 332 g/mol. The number of aromatic hydroxyl groups is 1. The summed E-state index contributed by atoms with van der Waals surface area (Å²) in [6.45, 7) is 4.42. The normalized spacial score (nSPS) is 11.5. The lowest BCUT2D eigenvalue weighted by atomic mass is 10.0. The first-order valence-electron chi connectivity index (χ1n) is 8.49.